The van der Waals surface area contributed by atoms with E-state index in [-0.39, 0.29) is 0 Å². The van der Waals surface area contributed by atoms with E-state index in [0.717, 1.165) is 50.4 Å². The zero-order chi connectivity index (χ0) is 32.8. The van der Waals surface area contributed by atoms with Crippen molar-refractivity contribution in [2.45, 2.75) is 0 Å². The van der Waals surface area contributed by atoms with Crippen LogP contribution in [-0.4, -0.2) is 0 Å². The van der Waals surface area contributed by atoms with Crippen LogP contribution in [0.4, 0.5) is 22.7 Å². The Morgan fingerprint density at radius 1 is 0.383 bits per heavy atom. The molecule has 6 rings (SSSR count). The highest BCUT2D eigenvalue weighted by Gasteiger charge is 2.15. The van der Waals surface area contributed by atoms with Gasteiger partial charge in [0.2, 0.25) is 0 Å². The van der Waals surface area contributed by atoms with Gasteiger partial charge < -0.3 is 4.90 Å². The second kappa shape index (κ2) is 13.1. The molecule has 0 heterocycles. The Labute approximate surface area is 272 Å². The molecule has 0 N–H and O–H groups in total. The monoisotopic (exact) mass is 598 g/mol. The Bertz CT molecular complexity index is 2140. The first-order valence-electron chi connectivity index (χ1n) is 14.5. The van der Waals surface area contributed by atoms with Gasteiger partial charge in [0, 0.05) is 22.6 Å². The lowest BCUT2D eigenvalue weighted by Gasteiger charge is -2.26. The van der Waals surface area contributed by atoms with Gasteiger partial charge in [0.15, 0.2) is 5.69 Å². The maximum absolute atomic E-state index is 9.46. The Hall–Kier alpha value is -7.43. The minimum Gasteiger partial charge on any atom is -0.311 e. The van der Waals surface area contributed by atoms with E-state index >= 15 is 0 Å². The first kappa shape index (κ1) is 29.6. The predicted octanol–water partition coefficient (Wildman–Crippen LogP) is 10.2. The minimum atomic E-state index is 0.411. The van der Waals surface area contributed by atoms with Crippen LogP contribution in [0.15, 0.2) is 133 Å². The highest BCUT2D eigenvalue weighted by atomic mass is 15.1. The van der Waals surface area contributed by atoms with E-state index < -0.39 is 0 Å². The van der Waals surface area contributed by atoms with Crippen LogP contribution in [0.1, 0.15) is 22.3 Å². The van der Waals surface area contributed by atoms with E-state index in [9.17, 15) is 15.8 Å². The van der Waals surface area contributed by atoms with E-state index in [2.05, 4.69) is 34.0 Å². The third kappa shape index (κ3) is 6.29. The topological polar surface area (TPSA) is 103 Å². The van der Waals surface area contributed by atoms with Gasteiger partial charge in [-0.15, -0.1) is 0 Å². The average Bonchev–Trinajstić information content (AvgIpc) is 3.15. The van der Waals surface area contributed by atoms with Crippen LogP contribution in [-0.2, 0) is 0 Å². The summed E-state index contributed by atoms with van der Waals surface area (Å²) in [6.45, 7) is 7.42. The third-order valence-corrected chi connectivity index (χ3v) is 7.76. The lowest BCUT2D eigenvalue weighted by molar-refractivity contribution is 1.28. The van der Waals surface area contributed by atoms with Gasteiger partial charge in [-0.1, -0.05) is 48.5 Å². The van der Waals surface area contributed by atoms with Crippen molar-refractivity contribution < 1.29 is 0 Å². The van der Waals surface area contributed by atoms with Crippen molar-refractivity contribution in [2.24, 2.45) is 0 Å². The second-order valence-corrected chi connectivity index (χ2v) is 10.7. The summed E-state index contributed by atoms with van der Waals surface area (Å²) in [5.41, 5.74) is 10.4. The molecule has 0 radical (unpaired) electrons. The van der Waals surface area contributed by atoms with Crippen molar-refractivity contribution in [2.75, 3.05) is 4.90 Å². The Kier molecular flexibility index (Phi) is 8.23. The normalized spacial score (nSPS) is 10.0. The number of nitriles is 4. The lowest BCUT2D eigenvalue weighted by Crippen LogP contribution is -2.09. The zero-order valence-corrected chi connectivity index (χ0v) is 24.9. The van der Waals surface area contributed by atoms with Crippen LogP contribution in [0, 0.1) is 51.9 Å². The molecular weight excluding hydrogens is 576 g/mol. The molecule has 47 heavy (non-hydrogen) atoms. The van der Waals surface area contributed by atoms with Crippen LogP contribution in [0.3, 0.4) is 0 Å². The number of anilines is 3. The van der Waals surface area contributed by atoms with Crippen molar-refractivity contribution in [3.8, 4) is 57.7 Å². The molecule has 6 heteroatoms. The lowest BCUT2D eigenvalue weighted by atomic mass is 9.99. The fourth-order valence-electron chi connectivity index (χ4n) is 5.42. The quantitative estimate of drug-likeness (QED) is 0.177. The predicted molar refractivity (Wildman–Crippen MR) is 183 cm³/mol. The van der Waals surface area contributed by atoms with Gasteiger partial charge in [0.25, 0.3) is 0 Å². The number of rotatable bonds is 6. The van der Waals surface area contributed by atoms with Gasteiger partial charge in [-0.05, 0) is 118 Å². The van der Waals surface area contributed by atoms with Crippen molar-refractivity contribution >= 4 is 22.7 Å². The summed E-state index contributed by atoms with van der Waals surface area (Å²) in [5, 5.41) is 37.5. The van der Waals surface area contributed by atoms with Gasteiger partial charge in [0.05, 0.1) is 47.5 Å². The summed E-state index contributed by atoms with van der Waals surface area (Å²) in [6, 6.07) is 50.4. The number of hydrogen-bond acceptors (Lipinski definition) is 5. The molecule has 6 nitrogen and oxygen atoms in total. The minimum absolute atomic E-state index is 0.411. The van der Waals surface area contributed by atoms with Crippen molar-refractivity contribution in [1.82, 2.24) is 0 Å². The molecule has 0 fully saturated rings. The molecule has 216 valence electrons. The Morgan fingerprint density at radius 3 is 1.11 bits per heavy atom. The van der Waals surface area contributed by atoms with E-state index in [1.165, 1.54) is 0 Å². The summed E-state index contributed by atoms with van der Waals surface area (Å²) in [7, 11) is 0. The molecular formula is C41H22N6. The molecule has 0 aliphatic rings. The smallest absolute Gasteiger partial charge is 0.189 e. The molecule has 0 atom stereocenters. The third-order valence-electron chi connectivity index (χ3n) is 7.76. The van der Waals surface area contributed by atoms with E-state index in [0.29, 0.717) is 27.9 Å². The van der Waals surface area contributed by atoms with E-state index in [1.807, 2.05) is 84.9 Å². The van der Waals surface area contributed by atoms with Gasteiger partial charge in [-0.25, -0.2) is 4.85 Å². The van der Waals surface area contributed by atoms with Crippen LogP contribution >= 0.6 is 0 Å². The molecule has 0 aliphatic carbocycles. The van der Waals surface area contributed by atoms with Gasteiger partial charge >= 0.3 is 0 Å². The van der Waals surface area contributed by atoms with E-state index in [4.69, 9.17) is 11.8 Å². The molecule has 0 aromatic heterocycles. The van der Waals surface area contributed by atoms with E-state index in [1.54, 1.807) is 48.5 Å². The Balaban J connectivity index is 1.40. The largest absolute Gasteiger partial charge is 0.311 e. The van der Waals surface area contributed by atoms with Gasteiger partial charge in [0.1, 0.15) is 0 Å². The highest BCUT2D eigenvalue weighted by Crippen LogP contribution is 2.38. The second-order valence-electron chi connectivity index (χ2n) is 10.7. The molecule has 0 saturated carbocycles. The maximum atomic E-state index is 9.46. The average molecular weight is 599 g/mol. The molecule has 0 bridgehead atoms. The number of nitrogens with zero attached hydrogens (tertiary/aromatic N) is 6. The van der Waals surface area contributed by atoms with Gasteiger partial charge in [-0.3, -0.25) is 0 Å². The first-order valence-corrected chi connectivity index (χ1v) is 14.5. The van der Waals surface area contributed by atoms with Crippen molar-refractivity contribution in [3.05, 3.63) is 167 Å². The standard InChI is InChI=1S/C41H22N6/c1-46-38-22-31(27-45)21-37(23-38)35-10-16-41(17-11-35)47(39-12-6-33(7-13-39)32-4-2-28(24-42)3-5-32)40-14-8-34(9-15-40)36-19-29(25-43)18-30(20-36)26-44/h2-23H. The fourth-order valence-corrected chi connectivity index (χ4v) is 5.42. The molecule has 0 saturated heterocycles. The molecule has 0 amide bonds. The molecule has 6 aromatic carbocycles. The fraction of sp³-hybridized carbons (Fsp3) is 0. The first-order chi connectivity index (χ1) is 23.0. The highest BCUT2D eigenvalue weighted by molar-refractivity contribution is 5.82. The summed E-state index contributed by atoms with van der Waals surface area (Å²) in [6.07, 6.45) is 0. The van der Waals surface area contributed by atoms with Crippen molar-refractivity contribution in [1.29, 1.82) is 21.0 Å². The molecule has 6 aromatic rings. The zero-order valence-electron chi connectivity index (χ0n) is 24.9. The number of benzene rings is 6. The van der Waals surface area contributed by atoms with Crippen LogP contribution < -0.4 is 4.90 Å². The summed E-state index contributed by atoms with van der Waals surface area (Å²) in [5.74, 6) is 0. The molecule has 0 spiro atoms. The summed E-state index contributed by atoms with van der Waals surface area (Å²) < 4.78 is 0. The molecule has 0 aliphatic heterocycles. The summed E-state index contributed by atoms with van der Waals surface area (Å²) in [4.78, 5) is 5.64. The Morgan fingerprint density at radius 2 is 0.723 bits per heavy atom. The molecule has 0 unspecified atom stereocenters. The SMILES string of the molecule is [C-]#[N+]c1cc(C#N)cc(-c2ccc(N(c3ccc(-c4ccc(C#N)cc4)cc3)c3ccc(-c4cc(C#N)cc(C#N)c4)cc3)cc2)c1. The van der Waals surface area contributed by atoms with Crippen molar-refractivity contribution in [3.63, 3.8) is 0 Å². The number of hydrogen-bond donors (Lipinski definition) is 0. The summed E-state index contributed by atoms with van der Waals surface area (Å²) >= 11 is 0. The van der Waals surface area contributed by atoms with Gasteiger partial charge in [-0.2, -0.15) is 21.0 Å². The van der Waals surface area contributed by atoms with Crippen LogP contribution in [0.5, 0.6) is 0 Å². The van der Waals surface area contributed by atoms with Crippen LogP contribution in [0.2, 0.25) is 0 Å². The van der Waals surface area contributed by atoms with Crippen LogP contribution in [0.25, 0.3) is 38.2 Å². The maximum Gasteiger partial charge on any atom is 0.189 e.